The van der Waals surface area contributed by atoms with Gasteiger partial charge in [0.2, 0.25) is 4.73 Å². The van der Waals surface area contributed by atoms with E-state index in [4.69, 9.17) is 4.74 Å². The lowest BCUT2D eigenvalue weighted by molar-refractivity contribution is 0.0764. The maximum absolute atomic E-state index is 5.53. The average Bonchev–Trinajstić information content (AvgIpc) is 2.37. The highest BCUT2D eigenvalue weighted by Crippen LogP contribution is 2.12. The minimum Gasteiger partial charge on any atom is -0.359 e. The lowest BCUT2D eigenvalue weighted by Gasteiger charge is -2.15. The van der Waals surface area contributed by atoms with E-state index in [1.54, 1.807) is 4.68 Å². The second-order valence-corrected chi connectivity index (χ2v) is 11.5. The van der Waals surface area contributed by atoms with Crippen molar-refractivity contribution in [1.82, 2.24) is 14.8 Å². The van der Waals surface area contributed by atoms with E-state index in [9.17, 15) is 0 Å². The Hall–Kier alpha value is 0.277. The number of nitrogens with zero attached hydrogens (tertiary/aromatic N) is 3. The SMILES string of the molecule is C[Si](C)(C)CCOCn1nc(Br)nc1Br. The van der Waals surface area contributed by atoms with Crippen molar-refractivity contribution in [1.29, 1.82) is 0 Å². The fourth-order valence-electron chi connectivity index (χ4n) is 0.909. The zero-order valence-corrected chi connectivity index (χ0v) is 13.3. The van der Waals surface area contributed by atoms with Gasteiger partial charge in [-0.05, 0) is 37.9 Å². The van der Waals surface area contributed by atoms with Gasteiger partial charge in [-0.1, -0.05) is 19.6 Å². The summed E-state index contributed by atoms with van der Waals surface area (Å²) < 4.78 is 8.46. The van der Waals surface area contributed by atoms with Gasteiger partial charge in [-0.15, -0.1) is 5.10 Å². The highest BCUT2D eigenvalue weighted by Gasteiger charge is 2.12. The lowest BCUT2D eigenvalue weighted by atomic mass is 10.8. The molecule has 7 heteroatoms. The topological polar surface area (TPSA) is 39.9 Å². The third kappa shape index (κ3) is 5.23. The molecule has 15 heavy (non-hydrogen) atoms. The minimum atomic E-state index is -0.995. The van der Waals surface area contributed by atoms with E-state index in [-0.39, 0.29) is 0 Å². The number of ether oxygens (including phenoxy) is 1. The van der Waals surface area contributed by atoms with Gasteiger partial charge in [0, 0.05) is 14.7 Å². The molecule has 0 aliphatic rings. The summed E-state index contributed by atoms with van der Waals surface area (Å²) in [6.45, 7) is 8.23. The van der Waals surface area contributed by atoms with Crippen LogP contribution in [0.4, 0.5) is 0 Å². The molecule has 0 aliphatic heterocycles. The van der Waals surface area contributed by atoms with Crippen molar-refractivity contribution in [3.05, 3.63) is 9.47 Å². The molecule has 0 aromatic carbocycles. The second kappa shape index (κ2) is 5.56. The molecule has 1 rings (SSSR count). The first-order valence-corrected chi connectivity index (χ1v) is 10.0. The summed E-state index contributed by atoms with van der Waals surface area (Å²) in [5.74, 6) is 0. The van der Waals surface area contributed by atoms with Gasteiger partial charge in [0.1, 0.15) is 6.73 Å². The van der Waals surface area contributed by atoms with Crippen LogP contribution in [0.3, 0.4) is 0 Å². The molecule has 1 aromatic rings. The van der Waals surface area contributed by atoms with Gasteiger partial charge in [0.25, 0.3) is 0 Å². The summed E-state index contributed by atoms with van der Waals surface area (Å²) in [5.41, 5.74) is 0. The molecule has 4 nitrogen and oxygen atoms in total. The van der Waals surface area contributed by atoms with Crippen LogP contribution in [0.25, 0.3) is 0 Å². The van der Waals surface area contributed by atoms with Crippen LogP contribution < -0.4 is 0 Å². The molecule has 0 spiro atoms. The van der Waals surface area contributed by atoms with E-state index >= 15 is 0 Å². The summed E-state index contributed by atoms with van der Waals surface area (Å²) in [5, 5.41) is 4.11. The molecule has 0 radical (unpaired) electrons. The summed E-state index contributed by atoms with van der Waals surface area (Å²) in [6, 6.07) is 1.17. The number of halogens is 2. The third-order valence-electron chi connectivity index (χ3n) is 1.81. The lowest BCUT2D eigenvalue weighted by Crippen LogP contribution is -2.22. The van der Waals surface area contributed by atoms with Crippen molar-refractivity contribution in [2.75, 3.05) is 6.61 Å². The molecule has 0 saturated carbocycles. The number of aromatic nitrogens is 3. The van der Waals surface area contributed by atoms with Crippen LogP contribution in [0.15, 0.2) is 9.47 Å². The Bertz CT molecular complexity index is 324. The van der Waals surface area contributed by atoms with Gasteiger partial charge in [0.05, 0.1) is 0 Å². The molecule has 86 valence electrons. The molecule has 0 atom stereocenters. The Morgan fingerprint density at radius 1 is 1.33 bits per heavy atom. The van der Waals surface area contributed by atoms with Crippen molar-refractivity contribution in [3.63, 3.8) is 0 Å². The maximum atomic E-state index is 5.53. The van der Waals surface area contributed by atoms with Crippen LogP contribution in [0, 0.1) is 0 Å². The largest absolute Gasteiger partial charge is 0.359 e. The van der Waals surface area contributed by atoms with E-state index in [0.717, 1.165) is 6.61 Å². The molecular weight excluding hydrogens is 342 g/mol. The van der Waals surface area contributed by atoms with Crippen molar-refractivity contribution >= 4 is 39.9 Å². The van der Waals surface area contributed by atoms with Gasteiger partial charge >= 0.3 is 0 Å². The third-order valence-corrected chi connectivity index (χ3v) is 4.44. The first-order chi connectivity index (χ1) is 6.88. The first kappa shape index (κ1) is 13.3. The molecule has 0 unspecified atom stereocenters. The van der Waals surface area contributed by atoms with Gasteiger partial charge in [-0.2, -0.15) is 4.98 Å². The zero-order chi connectivity index (χ0) is 11.5. The van der Waals surface area contributed by atoms with E-state index < -0.39 is 8.07 Å². The van der Waals surface area contributed by atoms with Crippen LogP contribution in [0.2, 0.25) is 25.7 Å². The summed E-state index contributed by atoms with van der Waals surface area (Å²) in [6.07, 6.45) is 0. The Labute approximate surface area is 108 Å². The smallest absolute Gasteiger partial charge is 0.218 e. The highest BCUT2D eigenvalue weighted by atomic mass is 79.9. The van der Waals surface area contributed by atoms with Crippen molar-refractivity contribution in [2.24, 2.45) is 0 Å². The predicted octanol–water partition coefficient (Wildman–Crippen LogP) is 3.12. The highest BCUT2D eigenvalue weighted by molar-refractivity contribution is 9.11. The van der Waals surface area contributed by atoms with E-state index in [1.165, 1.54) is 6.04 Å². The first-order valence-electron chi connectivity index (χ1n) is 4.72. The van der Waals surface area contributed by atoms with Crippen molar-refractivity contribution < 1.29 is 4.74 Å². The molecule has 0 aliphatic carbocycles. The monoisotopic (exact) mass is 355 g/mol. The minimum absolute atomic E-state index is 0.448. The van der Waals surface area contributed by atoms with Crippen LogP contribution in [-0.4, -0.2) is 29.4 Å². The maximum Gasteiger partial charge on any atom is 0.218 e. The molecule has 0 amide bonds. The van der Waals surface area contributed by atoms with Gasteiger partial charge in [-0.25, -0.2) is 4.68 Å². The quantitative estimate of drug-likeness (QED) is 0.601. The second-order valence-electron chi connectivity index (χ2n) is 4.50. The summed E-state index contributed by atoms with van der Waals surface area (Å²) in [4.78, 5) is 4.05. The molecule has 1 heterocycles. The van der Waals surface area contributed by atoms with Gasteiger partial charge < -0.3 is 4.74 Å². The Morgan fingerprint density at radius 3 is 2.47 bits per heavy atom. The van der Waals surface area contributed by atoms with Crippen LogP contribution in [-0.2, 0) is 11.5 Å². The number of hydrogen-bond donors (Lipinski definition) is 0. The molecule has 0 saturated heterocycles. The summed E-state index contributed by atoms with van der Waals surface area (Å²) >= 11 is 6.50. The Morgan fingerprint density at radius 2 is 2.00 bits per heavy atom. The Kier molecular flexibility index (Phi) is 4.94. The van der Waals surface area contributed by atoms with Gasteiger partial charge in [0.15, 0.2) is 4.73 Å². The van der Waals surface area contributed by atoms with Crippen LogP contribution >= 0.6 is 31.9 Å². The van der Waals surface area contributed by atoms with Gasteiger partial charge in [-0.3, -0.25) is 0 Å². The fraction of sp³-hybridized carbons (Fsp3) is 0.750. The van der Waals surface area contributed by atoms with E-state index in [2.05, 4.69) is 61.6 Å². The van der Waals surface area contributed by atoms with Crippen molar-refractivity contribution in [2.45, 2.75) is 32.4 Å². The zero-order valence-electron chi connectivity index (χ0n) is 9.13. The van der Waals surface area contributed by atoms with Crippen LogP contribution in [0.1, 0.15) is 0 Å². The Balaban J connectivity index is 2.29. The number of rotatable bonds is 5. The fourth-order valence-corrected chi connectivity index (χ4v) is 2.61. The standard InChI is InChI=1S/C8H15Br2N3OSi/c1-15(2,3)5-4-14-6-13-8(10)11-7(9)12-13/h4-6H2,1-3H3. The molecule has 0 N–H and O–H groups in total. The van der Waals surface area contributed by atoms with E-state index in [1.807, 2.05) is 0 Å². The molecule has 1 aromatic heterocycles. The molecule has 0 bridgehead atoms. The van der Waals surface area contributed by atoms with Crippen LogP contribution in [0.5, 0.6) is 0 Å². The number of hydrogen-bond acceptors (Lipinski definition) is 3. The van der Waals surface area contributed by atoms with E-state index in [0.29, 0.717) is 16.2 Å². The molecule has 0 fully saturated rings. The normalized spacial score (nSPS) is 12.1. The summed E-state index contributed by atoms with van der Waals surface area (Å²) in [7, 11) is -0.995. The van der Waals surface area contributed by atoms with Crippen molar-refractivity contribution in [3.8, 4) is 0 Å². The average molecular weight is 357 g/mol. The molecular formula is C8H15Br2N3OSi. The predicted molar refractivity (Wildman–Crippen MR) is 69.5 cm³/mol.